The maximum atomic E-state index is 13.1. The number of thioether (sulfide) groups is 1. The van der Waals surface area contributed by atoms with Crippen LogP contribution in [0.4, 0.5) is 0 Å². The molecule has 0 bridgehead atoms. The largest absolute Gasteiger partial charge is 0.466 e. The number of aliphatic imine (C=N–C) groups is 1. The van der Waals surface area contributed by atoms with E-state index < -0.39 is 12.0 Å². The van der Waals surface area contributed by atoms with Gasteiger partial charge in [-0.3, -0.25) is 4.79 Å². The fourth-order valence-corrected chi connectivity index (χ4v) is 5.18. The predicted molar refractivity (Wildman–Crippen MR) is 146 cm³/mol. The van der Waals surface area contributed by atoms with Crippen molar-refractivity contribution in [3.8, 4) is 11.5 Å². The molecule has 0 fully saturated rings. The van der Waals surface area contributed by atoms with Crippen molar-refractivity contribution in [1.82, 2.24) is 15.1 Å². The molecular weight excluding hydrogens is 488 g/mol. The molecular formula is C28H32N4O4S. The number of carbonyl (C=O) groups excluding carboxylic acids is 2. The molecule has 1 atom stereocenters. The molecule has 194 valence electrons. The van der Waals surface area contributed by atoms with Crippen LogP contribution < -0.4 is 10.1 Å². The Morgan fingerprint density at radius 1 is 1.11 bits per heavy atom. The Hall–Kier alpha value is -3.56. The molecule has 37 heavy (non-hydrogen) atoms. The Balaban J connectivity index is 1.68. The van der Waals surface area contributed by atoms with Gasteiger partial charge in [0.1, 0.15) is 11.5 Å². The average molecular weight is 521 g/mol. The van der Waals surface area contributed by atoms with Crippen molar-refractivity contribution in [2.24, 2.45) is 4.99 Å². The molecule has 2 aliphatic rings. The van der Waals surface area contributed by atoms with Crippen LogP contribution in [0.15, 0.2) is 82.0 Å². The van der Waals surface area contributed by atoms with Crippen LogP contribution >= 0.6 is 11.8 Å². The predicted octanol–water partition coefficient (Wildman–Crippen LogP) is 4.68. The van der Waals surface area contributed by atoms with E-state index in [1.165, 1.54) is 18.9 Å². The fourth-order valence-electron chi connectivity index (χ4n) is 4.25. The lowest BCUT2D eigenvalue weighted by molar-refractivity contribution is -0.136. The third-order valence-corrected chi connectivity index (χ3v) is 6.89. The highest BCUT2D eigenvalue weighted by Gasteiger charge is 2.41. The van der Waals surface area contributed by atoms with Gasteiger partial charge in [0.25, 0.3) is 0 Å². The number of hydrogen-bond acceptors (Lipinski definition) is 8. The number of fused-ring (bicyclic) bond motifs is 1. The molecule has 1 amide bonds. The SMILES string of the molecule is CCC1=C(C(=O)OC)[C@@H](c2cccc(Oc3ccccc3)c2)N2C(CC(=O)NCCN(C)C)=CSC2=N1. The minimum Gasteiger partial charge on any atom is -0.466 e. The normalized spacial score (nSPS) is 16.8. The summed E-state index contributed by atoms with van der Waals surface area (Å²) in [4.78, 5) is 34.7. The van der Waals surface area contributed by atoms with E-state index in [1.54, 1.807) is 0 Å². The smallest absolute Gasteiger partial charge is 0.338 e. The highest BCUT2D eigenvalue weighted by molar-refractivity contribution is 8.16. The van der Waals surface area contributed by atoms with Crippen molar-refractivity contribution in [1.29, 1.82) is 0 Å². The van der Waals surface area contributed by atoms with Crippen LogP contribution in [0.2, 0.25) is 0 Å². The highest BCUT2D eigenvalue weighted by atomic mass is 32.2. The zero-order chi connectivity index (χ0) is 26.4. The van der Waals surface area contributed by atoms with E-state index in [-0.39, 0.29) is 12.3 Å². The molecule has 4 rings (SSSR count). The summed E-state index contributed by atoms with van der Waals surface area (Å²) in [6, 6.07) is 16.7. The minimum absolute atomic E-state index is 0.0836. The number of allylic oxidation sites excluding steroid dienone is 1. The van der Waals surface area contributed by atoms with Crippen LogP contribution in [0, 0.1) is 0 Å². The van der Waals surface area contributed by atoms with Crippen LogP contribution in [-0.2, 0) is 14.3 Å². The van der Waals surface area contributed by atoms with E-state index in [2.05, 4.69) is 5.32 Å². The van der Waals surface area contributed by atoms with E-state index in [4.69, 9.17) is 14.5 Å². The second-order valence-electron chi connectivity index (χ2n) is 8.92. The van der Waals surface area contributed by atoms with Gasteiger partial charge in [-0.1, -0.05) is 49.0 Å². The number of benzene rings is 2. The number of rotatable bonds is 10. The second kappa shape index (κ2) is 12.1. The molecule has 0 aliphatic carbocycles. The van der Waals surface area contributed by atoms with E-state index >= 15 is 0 Å². The summed E-state index contributed by atoms with van der Waals surface area (Å²) in [5.74, 6) is 0.842. The number of esters is 1. The second-order valence-corrected chi connectivity index (χ2v) is 9.75. The van der Waals surface area contributed by atoms with Gasteiger partial charge in [0.05, 0.1) is 30.8 Å². The van der Waals surface area contributed by atoms with E-state index in [0.717, 1.165) is 28.7 Å². The first-order valence-corrected chi connectivity index (χ1v) is 13.1. The number of hydrogen-bond donors (Lipinski definition) is 1. The van der Waals surface area contributed by atoms with Crippen molar-refractivity contribution in [3.63, 3.8) is 0 Å². The first-order chi connectivity index (χ1) is 17.9. The summed E-state index contributed by atoms with van der Waals surface area (Å²) in [5.41, 5.74) is 2.76. The van der Waals surface area contributed by atoms with Crippen LogP contribution in [0.3, 0.4) is 0 Å². The molecule has 2 heterocycles. The Kier molecular flexibility index (Phi) is 8.68. The molecule has 0 unspecified atom stereocenters. The average Bonchev–Trinajstić information content (AvgIpc) is 3.29. The third kappa shape index (κ3) is 6.23. The molecule has 0 saturated carbocycles. The van der Waals surface area contributed by atoms with Crippen molar-refractivity contribution in [3.05, 3.63) is 82.5 Å². The summed E-state index contributed by atoms with van der Waals surface area (Å²) in [5, 5.41) is 5.65. The van der Waals surface area contributed by atoms with Gasteiger partial charge in [-0.15, -0.1) is 0 Å². The molecule has 1 N–H and O–H groups in total. The number of nitrogens with zero attached hydrogens (tertiary/aromatic N) is 3. The maximum Gasteiger partial charge on any atom is 0.338 e. The molecule has 8 nitrogen and oxygen atoms in total. The highest BCUT2D eigenvalue weighted by Crippen LogP contribution is 2.46. The van der Waals surface area contributed by atoms with Gasteiger partial charge in [0.2, 0.25) is 5.91 Å². The van der Waals surface area contributed by atoms with E-state index in [1.807, 2.05) is 90.8 Å². The van der Waals surface area contributed by atoms with Gasteiger partial charge in [0, 0.05) is 18.8 Å². The zero-order valence-electron chi connectivity index (χ0n) is 21.6. The zero-order valence-corrected chi connectivity index (χ0v) is 22.4. The minimum atomic E-state index is -0.509. The van der Waals surface area contributed by atoms with Crippen LogP contribution in [0.1, 0.15) is 31.4 Å². The number of amidine groups is 1. The van der Waals surface area contributed by atoms with E-state index in [0.29, 0.717) is 30.0 Å². The van der Waals surface area contributed by atoms with Crippen molar-refractivity contribution < 1.29 is 19.1 Å². The van der Waals surface area contributed by atoms with Gasteiger partial charge in [0.15, 0.2) is 5.17 Å². The van der Waals surface area contributed by atoms with Gasteiger partial charge >= 0.3 is 5.97 Å². The van der Waals surface area contributed by atoms with Crippen molar-refractivity contribution >= 4 is 28.8 Å². The van der Waals surface area contributed by atoms with Crippen LogP contribution in [-0.4, -0.2) is 61.1 Å². The molecule has 2 aromatic rings. The number of para-hydroxylation sites is 1. The summed E-state index contributed by atoms with van der Waals surface area (Å²) >= 11 is 1.46. The molecule has 9 heteroatoms. The topological polar surface area (TPSA) is 83.5 Å². The number of amides is 1. The molecule has 2 aliphatic heterocycles. The van der Waals surface area contributed by atoms with Gasteiger partial charge in [-0.2, -0.15) is 0 Å². The van der Waals surface area contributed by atoms with Crippen molar-refractivity contribution in [2.45, 2.75) is 25.8 Å². The standard InChI is InChI=1S/C28H32N4O4S/c1-5-23-25(27(34)35-4)26(19-10-9-13-22(16-19)36-21-11-7-6-8-12-21)32-20(18-37-28(32)30-23)17-24(33)29-14-15-31(2)3/h6-13,16,18,26H,5,14-15,17H2,1-4H3,(H,29,33)/t26-/m1/s1. The first kappa shape index (κ1) is 26.5. The number of nitrogens with one attached hydrogen (secondary N) is 1. The Bertz CT molecular complexity index is 1240. The Morgan fingerprint density at radius 2 is 1.86 bits per heavy atom. The summed E-state index contributed by atoms with van der Waals surface area (Å²) < 4.78 is 11.3. The molecule has 0 spiro atoms. The van der Waals surface area contributed by atoms with Crippen molar-refractivity contribution in [2.75, 3.05) is 34.3 Å². The Labute approximate surface area is 222 Å². The van der Waals surface area contributed by atoms with Gasteiger partial charge in [-0.05, 0) is 55.8 Å². The molecule has 0 radical (unpaired) electrons. The maximum absolute atomic E-state index is 13.1. The quantitative estimate of drug-likeness (QED) is 0.455. The third-order valence-electron chi connectivity index (χ3n) is 6.00. The molecule has 0 aromatic heterocycles. The number of methoxy groups -OCH3 is 1. The summed E-state index contributed by atoms with van der Waals surface area (Å²) in [6.07, 6.45) is 0.742. The monoisotopic (exact) mass is 520 g/mol. The fraction of sp³-hybridized carbons (Fsp3) is 0.321. The molecule has 0 saturated heterocycles. The Morgan fingerprint density at radius 3 is 2.57 bits per heavy atom. The molecule has 2 aromatic carbocycles. The van der Waals surface area contributed by atoms with Crippen LogP contribution in [0.5, 0.6) is 11.5 Å². The lowest BCUT2D eigenvalue weighted by atomic mass is 9.92. The lowest BCUT2D eigenvalue weighted by Gasteiger charge is -2.36. The van der Waals surface area contributed by atoms with Gasteiger partial charge < -0.3 is 24.6 Å². The first-order valence-electron chi connectivity index (χ1n) is 12.2. The van der Waals surface area contributed by atoms with Crippen LogP contribution in [0.25, 0.3) is 0 Å². The summed E-state index contributed by atoms with van der Waals surface area (Å²) in [6.45, 7) is 3.28. The lowest BCUT2D eigenvalue weighted by Crippen LogP contribution is -2.38. The number of likely N-dealkylation sites (N-methyl/N-ethyl adjacent to an activating group) is 1. The van der Waals surface area contributed by atoms with Gasteiger partial charge in [-0.25, -0.2) is 9.79 Å². The number of ether oxygens (including phenoxy) is 2. The van der Waals surface area contributed by atoms with E-state index in [9.17, 15) is 9.59 Å². The number of carbonyl (C=O) groups is 2. The summed E-state index contributed by atoms with van der Waals surface area (Å²) in [7, 11) is 5.30.